The highest BCUT2D eigenvalue weighted by Gasteiger charge is 2.47. The van der Waals surface area contributed by atoms with Crippen LogP contribution in [0.25, 0.3) is 11.0 Å². The monoisotopic (exact) mass is 416 g/mol. The molecule has 2 aromatic carbocycles. The van der Waals surface area contributed by atoms with Crippen molar-refractivity contribution in [3.63, 3.8) is 0 Å². The molecule has 2 aliphatic heterocycles. The number of rotatable bonds is 5. The van der Waals surface area contributed by atoms with Crippen LogP contribution in [-0.2, 0) is 22.7 Å². The summed E-state index contributed by atoms with van der Waals surface area (Å²) in [6.45, 7) is 2.76. The van der Waals surface area contributed by atoms with E-state index in [9.17, 15) is 9.59 Å². The second-order valence-electron chi connectivity index (χ2n) is 8.75. The molecule has 0 radical (unpaired) electrons. The van der Waals surface area contributed by atoms with Gasteiger partial charge in [-0.3, -0.25) is 9.59 Å². The third kappa shape index (κ3) is 3.82. The first kappa shape index (κ1) is 19.8. The number of aryl methyl sites for hydroxylation is 1. The van der Waals surface area contributed by atoms with Crippen molar-refractivity contribution in [3.8, 4) is 0 Å². The van der Waals surface area contributed by atoms with Crippen LogP contribution in [-0.4, -0.2) is 49.8 Å². The number of piperidine rings is 1. The van der Waals surface area contributed by atoms with E-state index in [1.807, 2.05) is 53.7 Å². The first-order chi connectivity index (χ1) is 15.1. The van der Waals surface area contributed by atoms with Crippen LogP contribution in [0.15, 0.2) is 60.9 Å². The number of likely N-dealkylation sites (tertiary alicyclic amines) is 2. The Labute approximate surface area is 182 Å². The van der Waals surface area contributed by atoms with Gasteiger partial charge in [0.15, 0.2) is 0 Å². The molecule has 3 heterocycles. The third-order valence-electron chi connectivity index (χ3n) is 7.00. The summed E-state index contributed by atoms with van der Waals surface area (Å²) >= 11 is 0. The minimum absolute atomic E-state index is 0.0930. The highest BCUT2D eigenvalue weighted by atomic mass is 16.2. The van der Waals surface area contributed by atoms with Crippen LogP contribution in [0.1, 0.15) is 37.7 Å². The van der Waals surface area contributed by atoms with Gasteiger partial charge in [-0.2, -0.15) is 0 Å². The van der Waals surface area contributed by atoms with Gasteiger partial charge in [0.1, 0.15) is 0 Å². The Bertz CT molecular complexity index is 1080. The van der Waals surface area contributed by atoms with E-state index in [0.717, 1.165) is 43.4 Å². The van der Waals surface area contributed by atoms with Crippen molar-refractivity contribution in [1.29, 1.82) is 0 Å². The van der Waals surface area contributed by atoms with E-state index in [-0.39, 0.29) is 17.4 Å². The molecule has 5 rings (SSSR count). The first-order valence-electron chi connectivity index (χ1n) is 11.2. The molecule has 6 heteroatoms. The lowest BCUT2D eigenvalue weighted by molar-refractivity contribution is -0.137. The van der Waals surface area contributed by atoms with E-state index in [1.165, 1.54) is 5.56 Å². The number of aromatic nitrogens is 2. The van der Waals surface area contributed by atoms with Gasteiger partial charge in [0, 0.05) is 44.6 Å². The first-order valence-corrected chi connectivity index (χ1v) is 11.2. The van der Waals surface area contributed by atoms with E-state index < -0.39 is 0 Å². The van der Waals surface area contributed by atoms with Crippen molar-refractivity contribution in [1.82, 2.24) is 19.4 Å². The molecule has 0 aliphatic carbocycles. The van der Waals surface area contributed by atoms with Crippen LogP contribution < -0.4 is 0 Å². The molecule has 0 atom stereocenters. The summed E-state index contributed by atoms with van der Waals surface area (Å²) in [4.78, 5) is 34.0. The van der Waals surface area contributed by atoms with Gasteiger partial charge in [-0.1, -0.05) is 42.5 Å². The highest BCUT2D eigenvalue weighted by Crippen LogP contribution is 2.40. The second kappa shape index (κ2) is 8.17. The van der Waals surface area contributed by atoms with Crippen LogP contribution in [0.4, 0.5) is 0 Å². The van der Waals surface area contributed by atoms with Gasteiger partial charge in [0.05, 0.1) is 17.4 Å². The largest absolute Gasteiger partial charge is 0.342 e. The average Bonchev–Trinajstić information content (AvgIpc) is 3.35. The average molecular weight is 417 g/mol. The molecule has 3 aromatic rings. The van der Waals surface area contributed by atoms with Gasteiger partial charge in [-0.15, -0.1) is 0 Å². The molecule has 2 saturated heterocycles. The predicted molar refractivity (Wildman–Crippen MR) is 119 cm³/mol. The quantitative estimate of drug-likeness (QED) is 0.638. The lowest BCUT2D eigenvalue weighted by Gasteiger charge is -2.45. The molecule has 2 aliphatic rings. The maximum absolute atomic E-state index is 12.9. The fourth-order valence-corrected chi connectivity index (χ4v) is 5.15. The normalized spacial score (nSPS) is 18.3. The van der Waals surface area contributed by atoms with E-state index in [4.69, 9.17) is 0 Å². The van der Waals surface area contributed by atoms with Gasteiger partial charge in [-0.05, 0) is 37.0 Å². The van der Waals surface area contributed by atoms with E-state index >= 15 is 0 Å². The number of carbonyl (C=O) groups excluding carboxylic acids is 2. The molecule has 31 heavy (non-hydrogen) atoms. The molecule has 0 bridgehead atoms. The Kier molecular flexibility index (Phi) is 5.22. The molecule has 2 amide bonds. The number of benzene rings is 2. The molecule has 6 nitrogen and oxygen atoms in total. The van der Waals surface area contributed by atoms with Crippen LogP contribution >= 0.6 is 0 Å². The number of amides is 2. The van der Waals surface area contributed by atoms with E-state index in [0.29, 0.717) is 25.9 Å². The minimum atomic E-state index is -0.0930. The Morgan fingerprint density at radius 1 is 0.968 bits per heavy atom. The summed E-state index contributed by atoms with van der Waals surface area (Å²) in [7, 11) is 0. The number of imidazole rings is 1. The van der Waals surface area contributed by atoms with Gasteiger partial charge in [-0.25, -0.2) is 4.98 Å². The third-order valence-corrected chi connectivity index (χ3v) is 7.00. The lowest BCUT2D eigenvalue weighted by Crippen LogP contribution is -2.53. The fourth-order valence-electron chi connectivity index (χ4n) is 5.15. The minimum Gasteiger partial charge on any atom is -0.342 e. The van der Waals surface area contributed by atoms with Gasteiger partial charge >= 0.3 is 0 Å². The number of hydrogen-bond acceptors (Lipinski definition) is 3. The number of hydrogen-bond donors (Lipinski definition) is 0. The Balaban J connectivity index is 1.20. The summed E-state index contributed by atoms with van der Waals surface area (Å²) in [6.07, 6.45) is 5.54. The van der Waals surface area contributed by atoms with Crippen molar-refractivity contribution in [2.75, 3.05) is 13.1 Å². The predicted octanol–water partition coefficient (Wildman–Crippen LogP) is 3.61. The Morgan fingerprint density at radius 3 is 2.52 bits per heavy atom. The maximum atomic E-state index is 12.9. The van der Waals surface area contributed by atoms with Crippen molar-refractivity contribution < 1.29 is 9.59 Å². The fraction of sp³-hybridized carbons (Fsp3) is 0.400. The number of fused-ring (bicyclic) bond motifs is 1. The highest BCUT2D eigenvalue weighted by molar-refractivity contribution is 5.80. The number of nitrogens with zero attached hydrogens (tertiary/aromatic N) is 4. The Morgan fingerprint density at radius 2 is 1.71 bits per heavy atom. The van der Waals surface area contributed by atoms with Crippen molar-refractivity contribution in [3.05, 3.63) is 66.5 Å². The lowest BCUT2D eigenvalue weighted by atomic mass is 9.84. The smallest absolute Gasteiger partial charge is 0.224 e. The van der Waals surface area contributed by atoms with Crippen molar-refractivity contribution in [2.45, 2.75) is 50.7 Å². The van der Waals surface area contributed by atoms with Crippen LogP contribution in [0, 0.1) is 0 Å². The molecule has 2 fully saturated rings. The molecule has 0 unspecified atom stereocenters. The van der Waals surface area contributed by atoms with Gasteiger partial charge in [0.2, 0.25) is 11.8 Å². The number of para-hydroxylation sites is 2. The van der Waals surface area contributed by atoms with E-state index in [1.54, 1.807) is 0 Å². The van der Waals surface area contributed by atoms with E-state index in [2.05, 4.69) is 26.6 Å². The summed E-state index contributed by atoms with van der Waals surface area (Å²) in [5, 5.41) is 0. The second-order valence-corrected chi connectivity index (χ2v) is 8.75. The zero-order valence-electron chi connectivity index (χ0n) is 17.7. The summed E-state index contributed by atoms with van der Waals surface area (Å²) in [5.74, 6) is 0.433. The SMILES string of the molecule is O=C(CCn1cnc2ccccc21)N1CCC2(CCC(=O)N2Cc2ccccc2)CC1. The Hall–Kier alpha value is -3.15. The summed E-state index contributed by atoms with van der Waals surface area (Å²) in [6, 6.07) is 18.2. The number of carbonyl (C=O) groups is 2. The molecule has 0 saturated carbocycles. The zero-order chi connectivity index (χ0) is 21.3. The zero-order valence-corrected chi connectivity index (χ0v) is 17.7. The molecule has 1 aromatic heterocycles. The molecular formula is C25H28N4O2. The molecule has 1 spiro atoms. The maximum Gasteiger partial charge on any atom is 0.224 e. The van der Waals surface area contributed by atoms with Crippen molar-refractivity contribution >= 4 is 22.8 Å². The summed E-state index contributed by atoms with van der Waals surface area (Å²) < 4.78 is 2.05. The summed E-state index contributed by atoms with van der Waals surface area (Å²) in [5.41, 5.74) is 3.10. The van der Waals surface area contributed by atoms with Crippen molar-refractivity contribution in [2.24, 2.45) is 0 Å². The molecule has 0 N–H and O–H groups in total. The van der Waals surface area contributed by atoms with Crippen LogP contribution in [0.5, 0.6) is 0 Å². The van der Waals surface area contributed by atoms with Crippen LogP contribution in [0.3, 0.4) is 0 Å². The van der Waals surface area contributed by atoms with Gasteiger partial charge < -0.3 is 14.4 Å². The molecular weight excluding hydrogens is 388 g/mol. The van der Waals surface area contributed by atoms with Crippen LogP contribution in [0.2, 0.25) is 0 Å². The van der Waals surface area contributed by atoms with Gasteiger partial charge in [0.25, 0.3) is 0 Å². The standard InChI is InChI=1S/C25H28N4O2/c30-23(11-15-28-19-26-21-8-4-5-9-22(21)28)27-16-13-25(14-17-27)12-10-24(31)29(25)18-20-6-2-1-3-7-20/h1-9,19H,10-18H2. The topological polar surface area (TPSA) is 58.4 Å². The molecule has 160 valence electrons.